The Kier molecular flexibility index (Phi) is 6.22. The van der Waals surface area contributed by atoms with Gasteiger partial charge in [-0.25, -0.2) is 4.79 Å². The largest absolute Gasteiger partial charge is 0.466 e. The number of likely N-dealkylation sites (tertiary alicyclic amines) is 1. The number of nitrogens with zero attached hydrogens (tertiary/aromatic N) is 1. The average Bonchev–Trinajstić information content (AvgIpc) is 2.93. The zero-order valence-corrected chi connectivity index (χ0v) is 16.1. The van der Waals surface area contributed by atoms with Crippen molar-refractivity contribution < 1.29 is 9.21 Å². The van der Waals surface area contributed by atoms with Gasteiger partial charge >= 0.3 is 6.03 Å². The Morgan fingerprint density at radius 2 is 1.92 bits per heavy atom. The van der Waals surface area contributed by atoms with E-state index in [-0.39, 0.29) is 6.03 Å². The lowest BCUT2D eigenvalue weighted by Crippen LogP contribution is -2.39. The maximum Gasteiger partial charge on any atom is 0.319 e. The highest BCUT2D eigenvalue weighted by molar-refractivity contribution is 6.30. The van der Waals surface area contributed by atoms with Gasteiger partial charge < -0.3 is 15.1 Å². The fourth-order valence-electron chi connectivity index (χ4n) is 3.38. The third-order valence-electron chi connectivity index (χ3n) is 4.90. The van der Waals surface area contributed by atoms with Crippen molar-refractivity contribution >= 4 is 23.3 Å². The highest BCUT2D eigenvalue weighted by atomic mass is 35.5. The number of hydrogen-bond donors (Lipinski definition) is 2. The monoisotopic (exact) mass is 375 g/mol. The van der Waals surface area contributed by atoms with Gasteiger partial charge in [-0.15, -0.1) is 0 Å². The Labute approximate surface area is 159 Å². The normalized spacial score (nSPS) is 15.8. The molecule has 2 N–H and O–H groups in total. The molecule has 5 nitrogen and oxygen atoms in total. The van der Waals surface area contributed by atoms with Gasteiger partial charge in [-0.3, -0.25) is 4.90 Å². The topological polar surface area (TPSA) is 57.5 Å². The molecule has 140 valence electrons. The van der Waals surface area contributed by atoms with Gasteiger partial charge in [-0.2, -0.15) is 0 Å². The molecule has 2 amide bonds. The van der Waals surface area contributed by atoms with Crippen LogP contribution in [0, 0.1) is 19.8 Å². The second-order valence-corrected chi connectivity index (χ2v) is 7.44. The van der Waals surface area contributed by atoms with Crippen LogP contribution in [0.3, 0.4) is 0 Å². The number of furan rings is 1. The molecule has 0 radical (unpaired) electrons. The quantitative estimate of drug-likeness (QED) is 0.803. The minimum atomic E-state index is -0.167. The molecule has 6 heteroatoms. The summed E-state index contributed by atoms with van der Waals surface area (Å²) in [6, 6.07) is 9.07. The van der Waals surface area contributed by atoms with Gasteiger partial charge in [0.15, 0.2) is 0 Å². The minimum Gasteiger partial charge on any atom is -0.466 e. The Hall–Kier alpha value is -1.98. The van der Waals surface area contributed by atoms with Crippen molar-refractivity contribution in [3.63, 3.8) is 0 Å². The number of benzene rings is 1. The summed E-state index contributed by atoms with van der Waals surface area (Å²) in [7, 11) is 0. The molecule has 1 aromatic heterocycles. The van der Waals surface area contributed by atoms with Crippen LogP contribution in [0.15, 0.2) is 34.7 Å². The number of aryl methyl sites for hydroxylation is 2. The second kappa shape index (κ2) is 8.60. The van der Waals surface area contributed by atoms with Gasteiger partial charge in [0.25, 0.3) is 0 Å². The summed E-state index contributed by atoms with van der Waals surface area (Å²) in [5, 5.41) is 6.46. The molecule has 0 atom stereocenters. The first-order valence-electron chi connectivity index (χ1n) is 9.08. The van der Waals surface area contributed by atoms with Crippen molar-refractivity contribution in [1.29, 1.82) is 0 Å². The summed E-state index contributed by atoms with van der Waals surface area (Å²) in [5.41, 5.74) is 2.02. The number of piperidine rings is 1. The van der Waals surface area contributed by atoms with Gasteiger partial charge in [-0.05, 0) is 76.0 Å². The number of carbonyl (C=O) groups is 1. The van der Waals surface area contributed by atoms with Gasteiger partial charge in [0, 0.05) is 29.4 Å². The van der Waals surface area contributed by atoms with Crippen LogP contribution in [0.25, 0.3) is 0 Å². The first-order valence-corrected chi connectivity index (χ1v) is 9.46. The molecule has 0 aliphatic carbocycles. The van der Waals surface area contributed by atoms with Crippen molar-refractivity contribution in [3.8, 4) is 0 Å². The summed E-state index contributed by atoms with van der Waals surface area (Å²) in [4.78, 5) is 14.5. The lowest BCUT2D eigenvalue weighted by atomic mass is 9.96. The second-order valence-electron chi connectivity index (χ2n) is 7.00. The van der Waals surface area contributed by atoms with E-state index in [0.717, 1.165) is 49.7 Å². The van der Waals surface area contributed by atoms with E-state index >= 15 is 0 Å². The van der Waals surface area contributed by atoms with Gasteiger partial charge in [0.1, 0.15) is 11.5 Å². The third-order valence-corrected chi connectivity index (χ3v) is 5.15. The molecule has 3 rings (SSSR count). The van der Waals surface area contributed by atoms with Crippen molar-refractivity contribution in [1.82, 2.24) is 10.2 Å². The third kappa shape index (κ3) is 5.26. The van der Waals surface area contributed by atoms with E-state index in [1.807, 2.05) is 13.8 Å². The Morgan fingerprint density at radius 1 is 1.23 bits per heavy atom. The molecule has 0 unspecified atom stereocenters. The lowest BCUT2D eigenvalue weighted by Gasteiger charge is -2.31. The molecule has 1 aliphatic rings. The van der Waals surface area contributed by atoms with E-state index in [9.17, 15) is 4.79 Å². The fraction of sp³-hybridized carbons (Fsp3) is 0.450. The standard InChI is InChI=1S/C20H26ClN3O2/c1-14-11-17(15(2)26-14)13-24-9-7-16(8-10-24)12-22-20(25)23-19-5-3-18(21)4-6-19/h3-6,11,16H,7-10,12-13H2,1-2H3,(H2,22,23,25). The van der Waals surface area contributed by atoms with Crippen LogP contribution in [0.5, 0.6) is 0 Å². The fourth-order valence-corrected chi connectivity index (χ4v) is 3.50. The maximum absolute atomic E-state index is 12.0. The van der Waals surface area contributed by atoms with Crippen molar-refractivity contribution in [2.45, 2.75) is 33.2 Å². The molecular weight excluding hydrogens is 350 g/mol. The van der Waals surface area contributed by atoms with E-state index in [1.165, 1.54) is 5.56 Å². The lowest BCUT2D eigenvalue weighted by molar-refractivity contribution is 0.175. The van der Waals surface area contributed by atoms with Crippen molar-refractivity contribution in [3.05, 3.63) is 52.4 Å². The van der Waals surface area contributed by atoms with E-state index in [4.69, 9.17) is 16.0 Å². The van der Waals surface area contributed by atoms with Crippen LogP contribution in [0.4, 0.5) is 10.5 Å². The van der Waals surface area contributed by atoms with Crippen LogP contribution in [0.2, 0.25) is 5.02 Å². The van der Waals surface area contributed by atoms with Crippen LogP contribution in [-0.4, -0.2) is 30.6 Å². The number of carbonyl (C=O) groups excluding carboxylic acids is 1. The minimum absolute atomic E-state index is 0.167. The molecule has 1 aromatic carbocycles. The van der Waals surface area contributed by atoms with Gasteiger partial charge in [0.05, 0.1) is 0 Å². The van der Waals surface area contributed by atoms with E-state index in [0.29, 0.717) is 17.5 Å². The maximum atomic E-state index is 12.0. The number of nitrogens with one attached hydrogen (secondary N) is 2. The number of hydrogen-bond acceptors (Lipinski definition) is 3. The molecule has 0 saturated carbocycles. The first-order chi connectivity index (χ1) is 12.5. The Bertz CT molecular complexity index is 734. The summed E-state index contributed by atoms with van der Waals surface area (Å²) >= 11 is 5.85. The summed E-state index contributed by atoms with van der Waals surface area (Å²) in [6.07, 6.45) is 2.19. The zero-order valence-electron chi connectivity index (χ0n) is 15.3. The zero-order chi connectivity index (χ0) is 18.5. The molecule has 26 heavy (non-hydrogen) atoms. The van der Waals surface area contributed by atoms with Crippen molar-refractivity contribution in [2.24, 2.45) is 5.92 Å². The highest BCUT2D eigenvalue weighted by Gasteiger charge is 2.21. The van der Waals surface area contributed by atoms with Crippen LogP contribution in [0.1, 0.15) is 29.9 Å². The van der Waals surface area contributed by atoms with Crippen LogP contribution < -0.4 is 10.6 Å². The molecule has 2 heterocycles. The predicted octanol–water partition coefficient (Wildman–Crippen LogP) is 4.58. The Balaban J connectivity index is 1.38. The molecule has 0 spiro atoms. The molecule has 1 aliphatic heterocycles. The molecule has 1 saturated heterocycles. The summed E-state index contributed by atoms with van der Waals surface area (Å²) in [6.45, 7) is 7.77. The van der Waals surface area contributed by atoms with Crippen LogP contribution in [-0.2, 0) is 6.54 Å². The SMILES string of the molecule is Cc1cc(CN2CCC(CNC(=O)Nc3ccc(Cl)cc3)CC2)c(C)o1. The number of amides is 2. The van der Waals surface area contributed by atoms with Gasteiger partial charge in [0.2, 0.25) is 0 Å². The Morgan fingerprint density at radius 3 is 2.54 bits per heavy atom. The number of halogens is 1. The first kappa shape index (κ1) is 18.8. The van der Waals surface area contributed by atoms with Crippen LogP contribution >= 0.6 is 11.6 Å². The predicted molar refractivity (Wildman–Crippen MR) is 105 cm³/mol. The van der Waals surface area contributed by atoms with Crippen molar-refractivity contribution in [2.75, 3.05) is 25.0 Å². The number of anilines is 1. The number of rotatable bonds is 5. The molecular formula is C20H26ClN3O2. The summed E-state index contributed by atoms with van der Waals surface area (Å²) < 4.78 is 5.61. The molecule has 0 bridgehead atoms. The smallest absolute Gasteiger partial charge is 0.319 e. The average molecular weight is 376 g/mol. The van der Waals surface area contributed by atoms with E-state index in [2.05, 4.69) is 21.6 Å². The molecule has 2 aromatic rings. The van der Waals surface area contributed by atoms with Gasteiger partial charge in [-0.1, -0.05) is 11.6 Å². The molecule has 1 fully saturated rings. The van der Waals surface area contributed by atoms with E-state index in [1.54, 1.807) is 24.3 Å². The summed E-state index contributed by atoms with van der Waals surface area (Å²) in [5.74, 6) is 2.52. The number of urea groups is 1. The highest BCUT2D eigenvalue weighted by Crippen LogP contribution is 2.21. The van der Waals surface area contributed by atoms with E-state index < -0.39 is 0 Å².